The van der Waals surface area contributed by atoms with E-state index in [1.807, 2.05) is 49.4 Å². The van der Waals surface area contributed by atoms with E-state index in [4.69, 9.17) is 4.42 Å². The van der Waals surface area contributed by atoms with E-state index in [1.165, 1.54) is 5.56 Å². The van der Waals surface area contributed by atoms with Gasteiger partial charge in [0.15, 0.2) is 5.58 Å². The molecule has 0 fully saturated rings. The van der Waals surface area contributed by atoms with Crippen LogP contribution >= 0.6 is 31.9 Å². The predicted molar refractivity (Wildman–Crippen MR) is 115 cm³/mol. The monoisotopic (exact) mass is 484 g/mol. The molecule has 1 aromatic heterocycles. The molecule has 0 radical (unpaired) electrons. The number of hydrogen-bond donors (Lipinski definition) is 1. The van der Waals surface area contributed by atoms with Crippen molar-refractivity contribution in [1.29, 1.82) is 0 Å². The lowest BCUT2D eigenvalue weighted by Gasteiger charge is -2.02. The normalized spacial score (nSPS) is 11.5. The van der Waals surface area contributed by atoms with Gasteiger partial charge in [0.25, 0.3) is 0 Å². The molecule has 0 atom stereocenters. The quantitative estimate of drug-likeness (QED) is 0.325. The maximum atomic E-state index is 10.1. The molecule has 134 valence electrons. The number of fused-ring (bicyclic) bond motifs is 1. The van der Waals surface area contributed by atoms with Gasteiger partial charge in [-0.3, -0.25) is 4.99 Å². The van der Waals surface area contributed by atoms with Crippen LogP contribution in [0.3, 0.4) is 0 Å². The Hall–Kier alpha value is -2.44. The Morgan fingerprint density at radius 1 is 1.04 bits per heavy atom. The van der Waals surface area contributed by atoms with Crippen LogP contribution in [0.4, 0.5) is 5.69 Å². The zero-order valence-electron chi connectivity index (χ0n) is 14.3. The maximum absolute atomic E-state index is 10.1. The first kappa shape index (κ1) is 17.9. The van der Waals surface area contributed by atoms with Gasteiger partial charge in [0.2, 0.25) is 5.89 Å². The molecule has 0 spiro atoms. The summed E-state index contributed by atoms with van der Waals surface area (Å²) in [5.41, 5.74) is 4.89. The van der Waals surface area contributed by atoms with Crippen LogP contribution in [0.25, 0.3) is 22.6 Å². The Balaban J connectivity index is 1.67. The molecule has 0 amide bonds. The van der Waals surface area contributed by atoms with Gasteiger partial charge in [-0.05, 0) is 59.3 Å². The number of benzene rings is 3. The van der Waals surface area contributed by atoms with Crippen molar-refractivity contribution in [2.75, 3.05) is 0 Å². The minimum absolute atomic E-state index is 0.143. The largest absolute Gasteiger partial charge is 0.506 e. The number of halogens is 2. The number of aliphatic imine (C=N–C) groups is 1. The molecule has 1 N–H and O–H groups in total. The highest BCUT2D eigenvalue weighted by Gasteiger charge is 2.09. The molecule has 27 heavy (non-hydrogen) atoms. The summed E-state index contributed by atoms with van der Waals surface area (Å²) in [5, 5.41) is 10.1. The molecule has 0 bridgehead atoms. The number of hydrogen-bond acceptors (Lipinski definition) is 4. The third kappa shape index (κ3) is 3.82. The topological polar surface area (TPSA) is 58.6 Å². The van der Waals surface area contributed by atoms with Crippen molar-refractivity contribution in [2.24, 2.45) is 4.99 Å². The van der Waals surface area contributed by atoms with Crippen molar-refractivity contribution in [3.8, 4) is 17.2 Å². The minimum atomic E-state index is 0.143. The van der Waals surface area contributed by atoms with Gasteiger partial charge < -0.3 is 9.52 Å². The van der Waals surface area contributed by atoms with E-state index in [-0.39, 0.29) is 5.75 Å². The second-order valence-corrected chi connectivity index (χ2v) is 7.89. The summed E-state index contributed by atoms with van der Waals surface area (Å²) in [7, 11) is 0. The second kappa shape index (κ2) is 7.29. The molecular weight excluding hydrogens is 472 g/mol. The van der Waals surface area contributed by atoms with Crippen molar-refractivity contribution >= 4 is 54.9 Å². The number of aromatic nitrogens is 1. The van der Waals surface area contributed by atoms with E-state index in [0.717, 1.165) is 15.6 Å². The summed E-state index contributed by atoms with van der Waals surface area (Å²) in [6.07, 6.45) is 1.61. The molecule has 0 aliphatic rings. The van der Waals surface area contributed by atoms with Crippen LogP contribution in [0.15, 0.2) is 73.0 Å². The van der Waals surface area contributed by atoms with Crippen LogP contribution in [0, 0.1) is 6.92 Å². The average Bonchev–Trinajstić information content (AvgIpc) is 3.07. The van der Waals surface area contributed by atoms with E-state index in [1.54, 1.807) is 18.3 Å². The Labute approximate surface area is 172 Å². The predicted octanol–water partition coefficient (Wildman–Crippen LogP) is 6.78. The molecule has 6 heteroatoms. The van der Waals surface area contributed by atoms with E-state index >= 15 is 0 Å². The van der Waals surface area contributed by atoms with Gasteiger partial charge in [0.05, 0.1) is 10.2 Å². The maximum Gasteiger partial charge on any atom is 0.227 e. The summed E-state index contributed by atoms with van der Waals surface area (Å²) in [4.78, 5) is 8.99. The number of phenolic OH excluding ortho intramolecular Hbond substituents is 1. The Kier molecular flexibility index (Phi) is 4.85. The highest BCUT2D eigenvalue weighted by Crippen LogP contribution is 2.31. The van der Waals surface area contributed by atoms with Gasteiger partial charge >= 0.3 is 0 Å². The van der Waals surface area contributed by atoms with Crippen LogP contribution in [0.1, 0.15) is 11.1 Å². The fraction of sp³-hybridized carbons (Fsp3) is 0.0476. The van der Waals surface area contributed by atoms with Crippen molar-refractivity contribution in [2.45, 2.75) is 6.92 Å². The van der Waals surface area contributed by atoms with Crippen LogP contribution in [0.2, 0.25) is 0 Å². The van der Waals surface area contributed by atoms with Crippen molar-refractivity contribution in [3.63, 3.8) is 0 Å². The summed E-state index contributed by atoms with van der Waals surface area (Å²) in [6.45, 7) is 2.04. The minimum Gasteiger partial charge on any atom is -0.506 e. The van der Waals surface area contributed by atoms with Gasteiger partial charge in [0, 0.05) is 27.9 Å². The standard InChI is InChI=1S/C21H14Br2N2O2/c1-12-2-4-13(5-3-12)21-25-18-7-6-16(10-19(18)27-21)24-11-14-8-15(22)9-17(23)20(14)26/h2-11,26H,1H3. The third-order valence-corrected chi connectivity index (χ3v) is 5.14. The second-order valence-electron chi connectivity index (χ2n) is 6.12. The number of aryl methyl sites for hydroxylation is 1. The Bertz CT molecular complexity index is 1160. The first-order valence-electron chi connectivity index (χ1n) is 8.19. The van der Waals surface area contributed by atoms with Gasteiger partial charge in [-0.2, -0.15) is 0 Å². The van der Waals surface area contributed by atoms with Crippen LogP contribution in [-0.2, 0) is 0 Å². The van der Waals surface area contributed by atoms with Gasteiger partial charge in [-0.1, -0.05) is 33.6 Å². The highest BCUT2D eigenvalue weighted by molar-refractivity contribution is 9.11. The lowest BCUT2D eigenvalue weighted by atomic mass is 10.1. The Morgan fingerprint density at radius 2 is 1.81 bits per heavy atom. The fourth-order valence-corrected chi connectivity index (χ4v) is 3.90. The lowest BCUT2D eigenvalue weighted by molar-refractivity contribution is 0.471. The van der Waals surface area contributed by atoms with Crippen LogP contribution in [0.5, 0.6) is 5.75 Å². The fourth-order valence-electron chi connectivity index (χ4n) is 2.64. The summed E-state index contributed by atoms with van der Waals surface area (Å²) in [6, 6.07) is 17.2. The molecule has 0 aliphatic heterocycles. The molecule has 3 aromatic carbocycles. The zero-order chi connectivity index (χ0) is 19.0. The first-order chi connectivity index (χ1) is 13.0. The number of nitrogens with zero attached hydrogens (tertiary/aromatic N) is 2. The van der Waals surface area contributed by atoms with Gasteiger partial charge in [0.1, 0.15) is 11.3 Å². The number of aromatic hydroxyl groups is 1. The van der Waals surface area contributed by atoms with E-state index < -0.39 is 0 Å². The molecule has 4 rings (SSSR count). The van der Waals surface area contributed by atoms with Crippen LogP contribution < -0.4 is 0 Å². The Morgan fingerprint density at radius 3 is 2.59 bits per heavy atom. The van der Waals surface area contributed by atoms with Gasteiger partial charge in [-0.25, -0.2) is 4.98 Å². The molecule has 4 aromatic rings. The molecule has 4 nitrogen and oxygen atoms in total. The molecule has 0 aliphatic carbocycles. The lowest BCUT2D eigenvalue weighted by Crippen LogP contribution is -1.84. The van der Waals surface area contributed by atoms with E-state index in [9.17, 15) is 5.11 Å². The highest BCUT2D eigenvalue weighted by atomic mass is 79.9. The van der Waals surface area contributed by atoms with Crippen LogP contribution in [-0.4, -0.2) is 16.3 Å². The summed E-state index contributed by atoms with van der Waals surface area (Å²) < 4.78 is 7.35. The molecule has 0 saturated carbocycles. The number of rotatable bonds is 3. The molecule has 0 unspecified atom stereocenters. The molecular formula is C21H14Br2N2O2. The number of phenols is 1. The average molecular weight is 486 g/mol. The summed E-state index contributed by atoms with van der Waals surface area (Å²) in [5.74, 6) is 0.726. The third-order valence-electron chi connectivity index (χ3n) is 4.08. The zero-order valence-corrected chi connectivity index (χ0v) is 17.5. The van der Waals surface area contributed by atoms with Gasteiger partial charge in [-0.15, -0.1) is 0 Å². The summed E-state index contributed by atoms with van der Waals surface area (Å²) >= 11 is 6.73. The molecule has 1 heterocycles. The smallest absolute Gasteiger partial charge is 0.227 e. The van der Waals surface area contributed by atoms with Crippen molar-refractivity contribution in [3.05, 3.63) is 74.7 Å². The van der Waals surface area contributed by atoms with E-state index in [0.29, 0.717) is 27.2 Å². The van der Waals surface area contributed by atoms with Crippen molar-refractivity contribution < 1.29 is 9.52 Å². The SMILES string of the molecule is Cc1ccc(-c2nc3ccc(N=Cc4cc(Br)cc(Br)c4O)cc3o2)cc1. The number of oxazole rings is 1. The van der Waals surface area contributed by atoms with E-state index in [2.05, 4.69) is 41.8 Å². The first-order valence-corrected chi connectivity index (χ1v) is 9.78. The molecule has 0 saturated heterocycles. The van der Waals surface area contributed by atoms with Crippen molar-refractivity contribution in [1.82, 2.24) is 4.98 Å².